The van der Waals surface area contributed by atoms with E-state index in [-0.39, 0.29) is 0 Å². The number of benzene rings is 1. The monoisotopic (exact) mass is 326 g/mol. The molecule has 0 amide bonds. The zero-order valence-corrected chi connectivity index (χ0v) is 12.9. The molecule has 4 nitrogen and oxygen atoms in total. The SMILES string of the molecule is CC1CN(C)CCCN1c1ccc(C(=O)O)c(Br)c1. The van der Waals surface area contributed by atoms with Crippen molar-refractivity contribution < 1.29 is 9.90 Å². The Kier molecular flexibility index (Phi) is 4.47. The summed E-state index contributed by atoms with van der Waals surface area (Å²) in [6.07, 6.45) is 1.12. The van der Waals surface area contributed by atoms with Crippen molar-refractivity contribution in [2.24, 2.45) is 0 Å². The van der Waals surface area contributed by atoms with E-state index in [1.165, 1.54) is 0 Å². The van der Waals surface area contributed by atoms with Crippen molar-refractivity contribution in [1.82, 2.24) is 4.90 Å². The molecule has 0 saturated carbocycles. The lowest BCUT2D eigenvalue weighted by atomic mass is 10.1. The van der Waals surface area contributed by atoms with Crippen LogP contribution in [0, 0.1) is 0 Å². The largest absolute Gasteiger partial charge is 0.478 e. The minimum atomic E-state index is -0.901. The summed E-state index contributed by atoms with van der Waals surface area (Å²) in [5.41, 5.74) is 1.39. The predicted octanol–water partition coefficient (Wildman–Crippen LogP) is 2.68. The third kappa shape index (κ3) is 3.28. The van der Waals surface area contributed by atoms with Gasteiger partial charge in [0, 0.05) is 29.3 Å². The number of likely N-dealkylation sites (N-methyl/N-ethyl adjacent to an activating group) is 1. The van der Waals surface area contributed by atoms with Crippen LogP contribution in [-0.4, -0.2) is 48.7 Å². The van der Waals surface area contributed by atoms with Crippen molar-refractivity contribution in [3.8, 4) is 0 Å². The molecule has 1 saturated heterocycles. The highest BCUT2D eigenvalue weighted by Crippen LogP contribution is 2.26. The quantitative estimate of drug-likeness (QED) is 0.907. The number of nitrogens with zero attached hydrogens (tertiary/aromatic N) is 2. The first-order valence-corrected chi connectivity index (χ1v) is 7.26. The molecule has 1 heterocycles. The summed E-state index contributed by atoms with van der Waals surface area (Å²) in [6.45, 7) is 5.35. The van der Waals surface area contributed by atoms with E-state index in [4.69, 9.17) is 5.11 Å². The number of rotatable bonds is 2. The van der Waals surface area contributed by atoms with Gasteiger partial charge in [0.05, 0.1) is 5.56 Å². The van der Waals surface area contributed by atoms with Gasteiger partial charge in [0.2, 0.25) is 0 Å². The van der Waals surface area contributed by atoms with E-state index in [1.54, 1.807) is 6.07 Å². The van der Waals surface area contributed by atoms with Gasteiger partial charge in [0.1, 0.15) is 0 Å². The number of carbonyl (C=O) groups is 1. The molecule has 1 N–H and O–H groups in total. The third-order valence-electron chi connectivity index (χ3n) is 3.56. The normalized spacial score (nSPS) is 21.2. The van der Waals surface area contributed by atoms with E-state index in [0.29, 0.717) is 16.1 Å². The third-order valence-corrected chi connectivity index (χ3v) is 4.22. The van der Waals surface area contributed by atoms with Gasteiger partial charge in [-0.15, -0.1) is 0 Å². The van der Waals surface area contributed by atoms with Crippen molar-refractivity contribution in [3.63, 3.8) is 0 Å². The summed E-state index contributed by atoms with van der Waals surface area (Å²) < 4.78 is 0.641. The summed E-state index contributed by atoms with van der Waals surface area (Å²) in [5, 5.41) is 9.05. The Morgan fingerprint density at radius 1 is 1.42 bits per heavy atom. The van der Waals surface area contributed by atoms with Crippen molar-refractivity contribution in [2.45, 2.75) is 19.4 Å². The predicted molar refractivity (Wildman–Crippen MR) is 80.0 cm³/mol. The molecule has 0 spiro atoms. The van der Waals surface area contributed by atoms with E-state index < -0.39 is 5.97 Å². The van der Waals surface area contributed by atoms with Gasteiger partial charge in [-0.25, -0.2) is 4.79 Å². The van der Waals surface area contributed by atoms with Crippen LogP contribution in [0.3, 0.4) is 0 Å². The Bertz CT molecular complexity index is 479. The Hall–Kier alpha value is -1.07. The minimum Gasteiger partial charge on any atom is -0.478 e. The van der Waals surface area contributed by atoms with E-state index in [1.807, 2.05) is 12.1 Å². The van der Waals surface area contributed by atoms with Gasteiger partial charge in [-0.2, -0.15) is 0 Å². The van der Waals surface area contributed by atoms with Gasteiger partial charge in [-0.05, 0) is 61.1 Å². The highest BCUT2D eigenvalue weighted by Gasteiger charge is 2.21. The minimum absolute atomic E-state index is 0.309. The molecular weight excluding hydrogens is 308 g/mol. The molecule has 1 aromatic rings. The lowest BCUT2D eigenvalue weighted by Gasteiger charge is -2.30. The number of hydrogen-bond donors (Lipinski definition) is 1. The average Bonchev–Trinajstić information content (AvgIpc) is 2.49. The van der Waals surface area contributed by atoms with E-state index in [0.717, 1.165) is 31.7 Å². The van der Waals surface area contributed by atoms with Gasteiger partial charge < -0.3 is 14.9 Å². The van der Waals surface area contributed by atoms with Crippen molar-refractivity contribution in [1.29, 1.82) is 0 Å². The fraction of sp³-hybridized carbons (Fsp3) is 0.500. The molecule has 1 fully saturated rings. The number of aromatic carboxylic acids is 1. The molecule has 0 aromatic heterocycles. The zero-order valence-electron chi connectivity index (χ0n) is 11.3. The maximum Gasteiger partial charge on any atom is 0.336 e. The molecule has 104 valence electrons. The fourth-order valence-corrected chi connectivity index (χ4v) is 3.15. The molecule has 1 aliphatic heterocycles. The van der Waals surface area contributed by atoms with E-state index >= 15 is 0 Å². The second kappa shape index (κ2) is 5.92. The molecule has 0 bridgehead atoms. The lowest BCUT2D eigenvalue weighted by molar-refractivity contribution is 0.0696. The van der Waals surface area contributed by atoms with Crippen LogP contribution >= 0.6 is 15.9 Å². The van der Waals surface area contributed by atoms with Crippen LogP contribution in [0.25, 0.3) is 0 Å². The molecule has 1 unspecified atom stereocenters. The van der Waals surface area contributed by atoms with Crippen molar-refractivity contribution >= 4 is 27.6 Å². The summed E-state index contributed by atoms with van der Waals surface area (Å²) in [7, 11) is 2.14. The molecule has 1 aliphatic rings. The van der Waals surface area contributed by atoms with Gasteiger partial charge >= 0.3 is 5.97 Å². The Morgan fingerprint density at radius 3 is 2.79 bits per heavy atom. The second-order valence-electron chi connectivity index (χ2n) is 5.13. The van der Waals surface area contributed by atoms with Crippen LogP contribution in [0.4, 0.5) is 5.69 Å². The molecular formula is C14H19BrN2O2. The van der Waals surface area contributed by atoms with E-state index in [2.05, 4.69) is 39.7 Å². The van der Waals surface area contributed by atoms with Crippen LogP contribution < -0.4 is 4.90 Å². The smallest absolute Gasteiger partial charge is 0.336 e. The number of anilines is 1. The van der Waals surface area contributed by atoms with E-state index in [9.17, 15) is 4.79 Å². The first-order chi connectivity index (χ1) is 8.99. The van der Waals surface area contributed by atoms with Crippen LogP contribution in [0.1, 0.15) is 23.7 Å². The highest BCUT2D eigenvalue weighted by molar-refractivity contribution is 9.10. The van der Waals surface area contributed by atoms with Crippen LogP contribution in [0.5, 0.6) is 0 Å². The topological polar surface area (TPSA) is 43.8 Å². The Labute approximate surface area is 122 Å². The van der Waals surface area contributed by atoms with Crippen molar-refractivity contribution in [3.05, 3.63) is 28.2 Å². The first-order valence-electron chi connectivity index (χ1n) is 6.47. The molecule has 1 atom stereocenters. The van der Waals surface area contributed by atoms with Gasteiger partial charge in [-0.1, -0.05) is 0 Å². The standard InChI is InChI=1S/C14H19BrN2O2/c1-10-9-16(2)6-3-7-17(10)11-4-5-12(14(18)19)13(15)8-11/h4-5,8,10H,3,6-7,9H2,1-2H3,(H,18,19). The maximum absolute atomic E-state index is 11.0. The second-order valence-corrected chi connectivity index (χ2v) is 5.98. The Balaban J connectivity index is 2.25. The van der Waals surface area contributed by atoms with Crippen molar-refractivity contribution in [2.75, 3.05) is 31.6 Å². The summed E-state index contributed by atoms with van der Waals surface area (Å²) in [4.78, 5) is 15.7. The number of hydrogen-bond acceptors (Lipinski definition) is 3. The molecule has 1 aromatic carbocycles. The fourth-order valence-electron chi connectivity index (χ4n) is 2.61. The number of carboxylic acids is 1. The molecule has 5 heteroatoms. The molecule has 0 radical (unpaired) electrons. The van der Waals surface area contributed by atoms with Gasteiger partial charge in [0.15, 0.2) is 0 Å². The molecule has 2 rings (SSSR count). The zero-order chi connectivity index (χ0) is 14.0. The van der Waals surface area contributed by atoms with Crippen LogP contribution in [0.15, 0.2) is 22.7 Å². The van der Waals surface area contributed by atoms with Gasteiger partial charge in [0.25, 0.3) is 0 Å². The van der Waals surface area contributed by atoms with Gasteiger partial charge in [-0.3, -0.25) is 0 Å². The molecule has 19 heavy (non-hydrogen) atoms. The lowest BCUT2D eigenvalue weighted by Crippen LogP contribution is -2.37. The van der Waals surface area contributed by atoms with Crippen LogP contribution in [-0.2, 0) is 0 Å². The Morgan fingerprint density at radius 2 is 2.16 bits per heavy atom. The first kappa shape index (κ1) is 14.3. The van der Waals surface area contributed by atoms with Crippen LogP contribution in [0.2, 0.25) is 0 Å². The summed E-state index contributed by atoms with van der Waals surface area (Å²) in [6, 6.07) is 5.90. The average molecular weight is 327 g/mol. The maximum atomic E-state index is 11.0. The molecule has 0 aliphatic carbocycles. The number of halogens is 1. The highest BCUT2D eigenvalue weighted by atomic mass is 79.9. The summed E-state index contributed by atoms with van der Waals surface area (Å²) >= 11 is 3.35. The number of carboxylic acid groups (broad SMARTS) is 1. The summed E-state index contributed by atoms with van der Waals surface area (Å²) in [5.74, 6) is -0.901.